The van der Waals surface area contributed by atoms with Gasteiger partial charge in [0.1, 0.15) is 17.5 Å². The molecule has 0 radical (unpaired) electrons. The molecular weight excluding hydrogens is 218 g/mol. The van der Waals surface area contributed by atoms with Crippen LogP contribution in [0.1, 0.15) is 32.5 Å². The Morgan fingerprint density at radius 2 is 2.24 bits per heavy atom. The van der Waals surface area contributed by atoms with Crippen molar-refractivity contribution in [3.05, 3.63) is 11.9 Å². The molecule has 1 unspecified atom stereocenters. The number of aryl methyl sites for hydroxylation is 1. The van der Waals surface area contributed by atoms with Gasteiger partial charge in [0.2, 0.25) is 5.91 Å². The summed E-state index contributed by atoms with van der Waals surface area (Å²) >= 11 is 0. The van der Waals surface area contributed by atoms with Gasteiger partial charge in [0, 0.05) is 24.9 Å². The van der Waals surface area contributed by atoms with Crippen molar-refractivity contribution in [2.45, 2.75) is 39.2 Å². The second-order valence-electron chi connectivity index (χ2n) is 4.06. The first-order valence-corrected chi connectivity index (χ1v) is 5.69. The molecule has 6 heteroatoms. The van der Waals surface area contributed by atoms with Crippen molar-refractivity contribution in [1.29, 1.82) is 0 Å². The lowest BCUT2D eigenvalue weighted by Crippen LogP contribution is -2.24. The van der Waals surface area contributed by atoms with Crippen LogP contribution in [0, 0.1) is 0 Å². The average molecular weight is 237 g/mol. The summed E-state index contributed by atoms with van der Waals surface area (Å²) in [6.07, 6.45) is 2.00. The Balaban J connectivity index is 2.72. The topological polar surface area (TPSA) is 107 Å². The van der Waals surface area contributed by atoms with E-state index < -0.39 is 0 Å². The van der Waals surface area contributed by atoms with Crippen molar-refractivity contribution in [2.24, 2.45) is 5.73 Å². The number of anilines is 2. The molecule has 1 heterocycles. The van der Waals surface area contributed by atoms with Gasteiger partial charge in [0.15, 0.2) is 0 Å². The first-order valence-electron chi connectivity index (χ1n) is 5.69. The van der Waals surface area contributed by atoms with E-state index in [0.717, 1.165) is 12.8 Å². The zero-order valence-corrected chi connectivity index (χ0v) is 10.2. The summed E-state index contributed by atoms with van der Waals surface area (Å²) in [7, 11) is 0. The minimum absolute atomic E-state index is 0.0729. The van der Waals surface area contributed by atoms with E-state index in [4.69, 9.17) is 11.5 Å². The Kier molecular flexibility index (Phi) is 4.68. The summed E-state index contributed by atoms with van der Waals surface area (Å²) in [6.45, 7) is 3.91. The fourth-order valence-corrected chi connectivity index (χ4v) is 1.53. The average Bonchev–Trinajstić information content (AvgIpc) is 2.14. The smallest absolute Gasteiger partial charge is 0.219 e. The van der Waals surface area contributed by atoms with Gasteiger partial charge in [-0.05, 0) is 13.3 Å². The van der Waals surface area contributed by atoms with Gasteiger partial charge in [-0.25, -0.2) is 9.97 Å². The standard InChI is InChI=1S/C11H19N5O/c1-3-4-10-15-8(12)6-11(16-10)14-7(2)5-9(13)17/h6-7H,3-5H2,1-2H3,(H2,13,17)(H3,12,14,15,16). The van der Waals surface area contributed by atoms with Gasteiger partial charge < -0.3 is 16.8 Å². The van der Waals surface area contributed by atoms with Crippen LogP contribution < -0.4 is 16.8 Å². The van der Waals surface area contributed by atoms with E-state index in [2.05, 4.69) is 22.2 Å². The Morgan fingerprint density at radius 3 is 2.82 bits per heavy atom. The number of nitrogens with one attached hydrogen (secondary N) is 1. The lowest BCUT2D eigenvalue weighted by atomic mass is 10.2. The van der Waals surface area contributed by atoms with Gasteiger partial charge in [0.25, 0.3) is 0 Å². The second-order valence-corrected chi connectivity index (χ2v) is 4.06. The molecule has 0 spiro atoms. The molecule has 0 aliphatic carbocycles. The van der Waals surface area contributed by atoms with Crippen molar-refractivity contribution in [2.75, 3.05) is 11.1 Å². The van der Waals surface area contributed by atoms with Crippen LogP contribution in [0.3, 0.4) is 0 Å². The Hall–Kier alpha value is -1.85. The van der Waals surface area contributed by atoms with E-state index >= 15 is 0 Å². The predicted molar refractivity (Wildman–Crippen MR) is 67.3 cm³/mol. The summed E-state index contributed by atoms with van der Waals surface area (Å²) in [5.74, 6) is 1.43. The van der Waals surface area contributed by atoms with Crippen molar-refractivity contribution in [1.82, 2.24) is 9.97 Å². The summed E-state index contributed by atoms with van der Waals surface area (Å²) in [5, 5.41) is 3.08. The minimum atomic E-state index is -0.346. The predicted octanol–water partition coefficient (Wildman–Crippen LogP) is 0.687. The molecule has 17 heavy (non-hydrogen) atoms. The van der Waals surface area contributed by atoms with E-state index in [1.807, 2.05) is 6.92 Å². The normalized spacial score (nSPS) is 12.1. The van der Waals surface area contributed by atoms with Crippen LogP contribution in [0.4, 0.5) is 11.6 Å². The molecular formula is C11H19N5O. The fraction of sp³-hybridized carbons (Fsp3) is 0.545. The van der Waals surface area contributed by atoms with Crippen LogP contribution in [0.25, 0.3) is 0 Å². The largest absolute Gasteiger partial charge is 0.384 e. The molecule has 6 nitrogen and oxygen atoms in total. The molecule has 0 saturated heterocycles. The SMILES string of the molecule is CCCc1nc(N)cc(NC(C)CC(N)=O)n1. The van der Waals surface area contributed by atoms with E-state index in [1.165, 1.54) is 0 Å². The van der Waals surface area contributed by atoms with E-state index in [-0.39, 0.29) is 18.4 Å². The van der Waals surface area contributed by atoms with Crippen LogP contribution in [0.2, 0.25) is 0 Å². The molecule has 94 valence electrons. The van der Waals surface area contributed by atoms with Gasteiger partial charge >= 0.3 is 0 Å². The van der Waals surface area contributed by atoms with Crippen LogP contribution in [0.5, 0.6) is 0 Å². The van der Waals surface area contributed by atoms with Crippen molar-refractivity contribution >= 4 is 17.5 Å². The molecule has 0 bridgehead atoms. The molecule has 1 aromatic heterocycles. The Morgan fingerprint density at radius 1 is 1.53 bits per heavy atom. The van der Waals surface area contributed by atoms with Crippen LogP contribution in [-0.2, 0) is 11.2 Å². The lowest BCUT2D eigenvalue weighted by molar-refractivity contribution is -0.118. The van der Waals surface area contributed by atoms with Crippen molar-refractivity contribution < 1.29 is 4.79 Å². The highest BCUT2D eigenvalue weighted by Gasteiger charge is 2.08. The maximum atomic E-state index is 10.8. The molecule has 0 aliphatic heterocycles. The zero-order valence-electron chi connectivity index (χ0n) is 10.2. The quantitative estimate of drug-likeness (QED) is 0.674. The van der Waals surface area contributed by atoms with E-state index in [1.54, 1.807) is 6.07 Å². The number of aromatic nitrogens is 2. The maximum Gasteiger partial charge on any atom is 0.219 e. The number of carbonyl (C=O) groups is 1. The lowest BCUT2D eigenvalue weighted by Gasteiger charge is -2.13. The van der Waals surface area contributed by atoms with Gasteiger partial charge in [-0.2, -0.15) is 0 Å². The summed E-state index contributed by atoms with van der Waals surface area (Å²) < 4.78 is 0. The third kappa shape index (κ3) is 4.67. The van der Waals surface area contributed by atoms with Crippen molar-refractivity contribution in [3.63, 3.8) is 0 Å². The van der Waals surface area contributed by atoms with Gasteiger partial charge in [-0.1, -0.05) is 6.92 Å². The number of nitrogens with two attached hydrogens (primary N) is 2. The van der Waals surface area contributed by atoms with Crippen LogP contribution in [0.15, 0.2) is 6.07 Å². The molecule has 0 fully saturated rings. The molecule has 1 amide bonds. The summed E-state index contributed by atoms with van der Waals surface area (Å²) in [5.41, 5.74) is 10.8. The second kappa shape index (κ2) is 6.03. The number of nitrogen functional groups attached to an aromatic ring is 1. The zero-order chi connectivity index (χ0) is 12.8. The highest BCUT2D eigenvalue weighted by Crippen LogP contribution is 2.11. The molecule has 5 N–H and O–H groups in total. The third-order valence-electron chi connectivity index (χ3n) is 2.17. The summed E-state index contributed by atoms with van der Waals surface area (Å²) in [4.78, 5) is 19.2. The monoisotopic (exact) mass is 237 g/mol. The van der Waals surface area contributed by atoms with Gasteiger partial charge in [-0.15, -0.1) is 0 Å². The fourth-order valence-electron chi connectivity index (χ4n) is 1.53. The Labute approximate surface area is 101 Å². The van der Waals surface area contributed by atoms with Crippen LogP contribution in [-0.4, -0.2) is 21.9 Å². The summed E-state index contributed by atoms with van der Waals surface area (Å²) in [6, 6.07) is 1.58. The molecule has 0 saturated carbocycles. The number of carbonyl (C=O) groups excluding carboxylic acids is 1. The number of amides is 1. The molecule has 1 rings (SSSR count). The molecule has 1 aromatic rings. The van der Waals surface area contributed by atoms with E-state index in [0.29, 0.717) is 17.5 Å². The number of nitrogens with zero attached hydrogens (tertiary/aromatic N) is 2. The number of primary amides is 1. The van der Waals surface area contributed by atoms with Gasteiger partial charge in [0.05, 0.1) is 0 Å². The highest BCUT2D eigenvalue weighted by molar-refractivity contribution is 5.74. The number of hydrogen-bond acceptors (Lipinski definition) is 5. The first-order chi connectivity index (χ1) is 8.01. The maximum absolute atomic E-state index is 10.8. The van der Waals surface area contributed by atoms with Crippen LogP contribution >= 0.6 is 0 Å². The first kappa shape index (κ1) is 13.2. The van der Waals surface area contributed by atoms with Crippen molar-refractivity contribution in [3.8, 4) is 0 Å². The molecule has 1 atom stereocenters. The minimum Gasteiger partial charge on any atom is -0.384 e. The number of rotatable bonds is 6. The highest BCUT2D eigenvalue weighted by atomic mass is 16.1. The molecule has 0 aliphatic rings. The molecule has 0 aromatic carbocycles. The van der Waals surface area contributed by atoms with Gasteiger partial charge in [-0.3, -0.25) is 4.79 Å². The van der Waals surface area contributed by atoms with E-state index in [9.17, 15) is 4.79 Å². The third-order valence-corrected chi connectivity index (χ3v) is 2.17. The Bertz CT molecular complexity index is 393. The number of hydrogen-bond donors (Lipinski definition) is 3.